The van der Waals surface area contributed by atoms with Gasteiger partial charge in [0.15, 0.2) is 0 Å². The molecule has 0 fully saturated rings. The third-order valence-electron chi connectivity index (χ3n) is 5.73. The fraction of sp³-hybridized carbons (Fsp3) is 0.308. The Hall–Kier alpha value is -3.41. The van der Waals surface area contributed by atoms with Crippen LogP contribution < -0.4 is 0 Å². The zero-order valence-electron chi connectivity index (χ0n) is 18.9. The second-order valence-corrected chi connectivity index (χ2v) is 8.05. The van der Waals surface area contributed by atoms with Crippen LogP contribution in [0.3, 0.4) is 0 Å². The number of halogens is 1. The summed E-state index contributed by atoms with van der Waals surface area (Å²) < 4.78 is 15.7. The average Bonchev–Trinajstić information content (AvgIpc) is 3.20. The molecule has 0 spiro atoms. The molecule has 2 aromatic carbocycles. The summed E-state index contributed by atoms with van der Waals surface area (Å²) in [5.74, 6) is -0.966. The lowest BCUT2D eigenvalue weighted by atomic mass is 10.1. The quantitative estimate of drug-likeness (QED) is 0.492. The van der Waals surface area contributed by atoms with Crippen molar-refractivity contribution in [1.82, 2.24) is 14.4 Å². The summed E-state index contributed by atoms with van der Waals surface area (Å²) in [7, 11) is 1.94. The Morgan fingerprint density at radius 1 is 1.00 bits per heavy atom. The number of aryl methyl sites for hydroxylation is 1. The normalized spacial score (nSPS) is 11.8. The van der Waals surface area contributed by atoms with Crippen LogP contribution in [0.4, 0.5) is 4.39 Å². The Bertz CT molecular complexity index is 1050. The van der Waals surface area contributed by atoms with Gasteiger partial charge in [-0.3, -0.25) is 9.59 Å². The van der Waals surface area contributed by atoms with E-state index in [0.29, 0.717) is 19.5 Å². The molecule has 168 valence electrons. The first-order valence-corrected chi connectivity index (χ1v) is 10.9. The third-order valence-corrected chi connectivity index (χ3v) is 5.73. The highest BCUT2D eigenvalue weighted by atomic mass is 19.1. The van der Waals surface area contributed by atoms with E-state index >= 15 is 0 Å². The Morgan fingerprint density at radius 3 is 2.38 bits per heavy atom. The molecule has 0 aliphatic carbocycles. The number of aromatic nitrogens is 1. The van der Waals surface area contributed by atoms with Gasteiger partial charge in [0.05, 0.1) is 6.54 Å². The van der Waals surface area contributed by atoms with Crippen molar-refractivity contribution in [2.24, 2.45) is 7.05 Å². The van der Waals surface area contributed by atoms with Gasteiger partial charge in [0.1, 0.15) is 12.4 Å². The summed E-state index contributed by atoms with van der Waals surface area (Å²) in [6.45, 7) is 4.67. The molecule has 2 amide bonds. The SMILES string of the molecule is CCC(C)N(CC(=O)N(Cc1ccccc1)Cc1cccn1C)C(=O)c1cccc(F)c1. The van der Waals surface area contributed by atoms with Crippen molar-refractivity contribution >= 4 is 11.8 Å². The molecule has 3 aromatic rings. The van der Waals surface area contributed by atoms with Crippen LogP contribution in [-0.4, -0.2) is 38.8 Å². The zero-order chi connectivity index (χ0) is 23.1. The van der Waals surface area contributed by atoms with Gasteiger partial charge in [-0.2, -0.15) is 0 Å². The van der Waals surface area contributed by atoms with E-state index in [9.17, 15) is 14.0 Å². The van der Waals surface area contributed by atoms with Gasteiger partial charge in [0.2, 0.25) is 5.91 Å². The van der Waals surface area contributed by atoms with Gasteiger partial charge in [-0.1, -0.05) is 43.3 Å². The Balaban J connectivity index is 1.85. The fourth-order valence-corrected chi connectivity index (χ4v) is 3.57. The Morgan fingerprint density at radius 2 is 1.75 bits per heavy atom. The van der Waals surface area contributed by atoms with Gasteiger partial charge in [-0.25, -0.2) is 4.39 Å². The second kappa shape index (κ2) is 10.8. The lowest BCUT2D eigenvalue weighted by Gasteiger charge is -2.31. The van der Waals surface area contributed by atoms with Gasteiger partial charge < -0.3 is 14.4 Å². The average molecular weight is 436 g/mol. The molecule has 6 heteroatoms. The van der Waals surface area contributed by atoms with E-state index in [4.69, 9.17) is 0 Å². The number of nitrogens with zero attached hydrogens (tertiary/aromatic N) is 3. The third kappa shape index (κ3) is 5.84. The van der Waals surface area contributed by atoms with E-state index in [-0.39, 0.29) is 30.0 Å². The number of amides is 2. The molecule has 0 radical (unpaired) electrons. The summed E-state index contributed by atoms with van der Waals surface area (Å²) in [6, 6.07) is 19.2. The van der Waals surface area contributed by atoms with Crippen LogP contribution in [0.5, 0.6) is 0 Å². The van der Waals surface area contributed by atoms with Crippen molar-refractivity contribution in [3.63, 3.8) is 0 Å². The first kappa shape index (κ1) is 23.3. The Labute approximate surface area is 189 Å². The van der Waals surface area contributed by atoms with E-state index < -0.39 is 5.82 Å². The lowest BCUT2D eigenvalue weighted by Crippen LogP contribution is -2.46. The van der Waals surface area contributed by atoms with Gasteiger partial charge >= 0.3 is 0 Å². The van der Waals surface area contributed by atoms with Crippen LogP contribution >= 0.6 is 0 Å². The fourth-order valence-electron chi connectivity index (χ4n) is 3.57. The molecule has 1 heterocycles. The molecule has 5 nitrogen and oxygen atoms in total. The molecule has 1 atom stereocenters. The zero-order valence-corrected chi connectivity index (χ0v) is 18.9. The number of rotatable bonds is 9. The van der Waals surface area contributed by atoms with Crippen molar-refractivity contribution in [2.45, 2.75) is 39.4 Å². The van der Waals surface area contributed by atoms with E-state index in [1.54, 1.807) is 15.9 Å². The van der Waals surface area contributed by atoms with Gasteiger partial charge in [0.25, 0.3) is 5.91 Å². The molecule has 0 saturated carbocycles. The van der Waals surface area contributed by atoms with Crippen LogP contribution in [-0.2, 0) is 24.9 Å². The highest BCUT2D eigenvalue weighted by Gasteiger charge is 2.26. The largest absolute Gasteiger partial charge is 0.353 e. The maximum atomic E-state index is 13.7. The van der Waals surface area contributed by atoms with Gasteiger partial charge in [-0.05, 0) is 49.2 Å². The highest BCUT2D eigenvalue weighted by Crippen LogP contribution is 2.16. The molecule has 1 aromatic heterocycles. The minimum Gasteiger partial charge on any atom is -0.353 e. The summed E-state index contributed by atoms with van der Waals surface area (Å²) in [6.07, 6.45) is 2.63. The van der Waals surface area contributed by atoms with Crippen molar-refractivity contribution in [3.05, 3.63) is 95.6 Å². The molecule has 0 aliphatic heterocycles. The van der Waals surface area contributed by atoms with E-state index in [2.05, 4.69) is 0 Å². The second-order valence-electron chi connectivity index (χ2n) is 8.05. The van der Waals surface area contributed by atoms with Crippen LogP contribution in [0.15, 0.2) is 72.9 Å². The Kier molecular flexibility index (Phi) is 7.82. The molecule has 1 unspecified atom stereocenters. The highest BCUT2D eigenvalue weighted by molar-refractivity contribution is 5.96. The molecular formula is C26H30FN3O2. The van der Waals surface area contributed by atoms with E-state index in [0.717, 1.165) is 11.3 Å². The molecule has 0 bridgehead atoms. The van der Waals surface area contributed by atoms with Crippen molar-refractivity contribution in [3.8, 4) is 0 Å². The van der Waals surface area contributed by atoms with Crippen molar-refractivity contribution in [2.75, 3.05) is 6.54 Å². The van der Waals surface area contributed by atoms with Crippen LogP contribution in [0.25, 0.3) is 0 Å². The predicted octanol–water partition coefficient (Wildman–Crippen LogP) is 4.63. The minimum atomic E-state index is -0.472. The maximum absolute atomic E-state index is 13.7. The predicted molar refractivity (Wildman–Crippen MR) is 123 cm³/mol. The molecule has 3 rings (SSSR count). The van der Waals surface area contributed by atoms with Crippen molar-refractivity contribution in [1.29, 1.82) is 0 Å². The standard InChI is InChI=1S/C26H30FN3O2/c1-4-20(2)30(26(32)22-12-8-13-23(27)16-22)19-25(31)29(17-21-10-6-5-7-11-21)18-24-14-9-15-28(24)3/h5-16,20H,4,17-19H2,1-3H3. The van der Waals surface area contributed by atoms with Crippen molar-refractivity contribution < 1.29 is 14.0 Å². The molecule has 0 N–H and O–H groups in total. The smallest absolute Gasteiger partial charge is 0.254 e. The number of carbonyl (C=O) groups excluding carboxylic acids is 2. The van der Waals surface area contributed by atoms with E-state index in [1.807, 2.05) is 74.1 Å². The van der Waals surface area contributed by atoms with Gasteiger partial charge in [0, 0.05) is 37.1 Å². The van der Waals surface area contributed by atoms with Crippen LogP contribution in [0, 0.1) is 5.82 Å². The number of benzene rings is 2. The first-order valence-electron chi connectivity index (χ1n) is 10.9. The number of hydrogen-bond donors (Lipinski definition) is 0. The topological polar surface area (TPSA) is 45.6 Å². The van der Waals surface area contributed by atoms with Crippen LogP contribution in [0.2, 0.25) is 0 Å². The summed E-state index contributed by atoms with van der Waals surface area (Å²) >= 11 is 0. The summed E-state index contributed by atoms with van der Waals surface area (Å²) in [5.41, 5.74) is 2.26. The van der Waals surface area contributed by atoms with E-state index in [1.165, 1.54) is 18.2 Å². The summed E-state index contributed by atoms with van der Waals surface area (Å²) in [4.78, 5) is 29.9. The minimum absolute atomic E-state index is 0.0678. The molecule has 0 aliphatic rings. The van der Waals surface area contributed by atoms with Gasteiger partial charge in [-0.15, -0.1) is 0 Å². The molecular weight excluding hydrogens is 405 g/mol. The van der Waals surface area contributed by atoms with Crippen LogP contribution in [0.1, 0.15) is 41.9 Å². The lowest BCUT2D eigenvalue weighted by molar-refractivity contribution is -0.133. The molecule has 32 heavy (non-hydrogen) atoms. The summed E-state index contributed by atoms with van der Waals surface area (Å²) in [5, 5.41) is 0. The monoisotopic (exact) mass is 435 g/mol. The number of carbonyl (C=O) groups is 2. The maximum Gasteiger partial charge on any atom is 0.254 e. The molecule has 0 saturated heterocycles. The number of hydrogen-bond acceptors (Lipinski definition) is 2. The first-order chi connectivity index (χ1) is 15.4.